The monoisotopic (exact) mass is 366 g/mol. The molecule has 3 rings (SSSR count). The van der Waals surface area contributed by atoms with Crippen LogP contribution in [0.5, 0.6) is 0 Å². The minimum Gasteiger partial charge on any atom is -0.347 e. The lowest BCUT2D eigenvalue weighted by Gasteiger charge is -2.33. The second-order valence-corrected chi connectivity index (χ2v) is 6.63. The summed E-state index contributed by atoms with van der Waals surface area (Å²) < 4.78 is 41.2. The smallest absolute Gasteiger partial charge is 0.347 e. The molecule has 0 bridgehead atoms. The number of piperidine rings is 1. The van der Waals surface area contributed by atoms with Gasteiger partial charge in [-0.3, -0.25) is 9.69 Å². The number of nitrogens with zero attached hydrogens (tertiary/aromatic N) is 3. The highest BCUT2D eigenvalue weighted by molar-refractivity contribution is 5.92. The van der Waals surface area contributed by atoms with Crippen LogP contribution in [0.1, 0.15) is 34.5 Å². The fraction of sp³-hybridized carbons (Fsp3) is 0.444. The first-order valence-corrected chi connectivity index (χ1v) is 8.49. The number of imidazole rings is 1. The number of nitrogens with one attached hydrogen (secondary N) is 1. The summed E-state index contributed by atoms with van der Waals surface area (Å²) in [4.78, 5) is 18.2. The molecular formula is C18H21F3N4O. The summed E-state index contributed by atoms with van der Waals surface area (Å²) in [5.74, 6) is -0.256. The lowest BCUT2D eigenvalue weighted by molar-refractivity contribution is -0.138. The number of amides is 1. The molecule has 1 aromatic heterocycles. The number of hydrogen-bond donors (Lipinski definition) is 1. The van der Waals surface area contributed by atoms with Gasteiger partial charge in [-0.25, -0.2) is 4.98 Å². The van der Waals surface area contributed by atoms with Gasteiger partial charge in [-0.15, -0.1) is 0 Å². The quantitative estimate of drug-likeness (QED) is 0.905. The average Bonchev–Trinajstić information content (AvgIpc) is 3.01. The zero-order chi connectivity index (χ0) is 18.7. The van der Waals surface area contributed by atoms with Crippen LogP contribution in [-0.4, -0.2) is 39.5 Å². The van der Waals surface area contributed by atoms with Gasteiger partial charge in [0.2, 0.25) is 0 Å². The summed E-state index contributed by atoms with van der Waals surface area (Å²) in [5, 5.41) is 2.93. The van der Waals surface area contributed by atoms with Gasteiger partial charge in [-0.05, 0) is 31.0 Å². The molecule has 1 fully saturated rings. The van der Waals surface area contributed by atoms with Crippen LogP contribution in [0, 0.1) is 0 Å². The number of rotatable bonds is 4. The van der Waals surface area contributed by atoms with E-state index in [9.17, 15) is 18.0 Å². The molecule has 1 aliphatic rings. The van der Waals surface area contributed by atoms with Crippen LogP contribution in [0.2, 0.25) is 0 Å². The van der Waals surface area contributed by atoms with Crippen molar-refractivity contribution in [3.63, 3.8) is 0 Å². The molecule has 0 saturated carbocycles. The number of carbonyl (C=O) groups excluding carboxylic acids is 1. The van der Waals surface area contributed by atoms with Crippen molar-refractivity contribution in [2.24, 2.45) is 7.05 Å². The van der Waals surface area contributed by atoms with Crippen molar-refractivity contribution < 1.29 is 18.0 Å². The number of aryl methyl sites for hydroxylation is 1. The van der Waals surface area contributed by atoms with Crippen molar-refractivity contribution in [2.45, 2.75) is 31.6 Å². The van der Waals surface area contributed by atoms with Gasteiger partial charge in [-0.1, -0.05) is 18.2 Å². The predicted molar refractivity (Wildman–Crippen MR) is 90.4 cm³/mol. The number of halogens is 3. The summed E-state index contributed by atoms with van der Waals surface area (Å²) in [6.45, 7) is 1.44. The van der Waals surface area contributed by atoms with Gasteiger partial charge in [0.15, 0.2) is 0 Å². The molecule has 1 unspecified atom stereocenters. The molecule has 8 heteroatoms. The maximum absolute atomic E-state index is 13.2. The SMILES string of the molecule is Cn1cnc(C(=O)NC2CCCN(Cc3ccccc3C(F)(F)F)C2)c1. The summed E-state index contributed by atoms with van der Waals surface area (Å²) in [7, 11) is 1.78. The lowest BCUT2D eigenvalue weighted by Crippen LogP contribution is -2.47. The maximum atomic E-state index is 13.2. The third-order valence-corrected chi connectivity index (χ3v) is 4.49. The van der Waals surface area contributed by atoms with E-state index in [1.54, 1.807) is 30.2 Å². The van der Waals surface area contributed by atoms with Crippen molar-refractivity contribution in [1.29, 1.82) is 0 Å². The topological polar surface area (TPSA) is 50.2 Å². The van der Waals surface area contributed by atoms with Crippen LogP contribution >= 0.6 is 0 Å². The molecule has 1 saturated heterocycles. The molecule has 1 amide bonds. The largest absolute Gasteiger partial charge is 0.416 e. The van der Waals surface area contributed by atoms with Crippen molar-refractivity contribution in [3.05, 3.63) is 53.6 Å². The van der Waals surface area contributed by atoms with E-state index < -0.39 is 11.7 Å². The Morgan fingerprint density at radius 3 is 2.81 bits per heavy atom. The lowest BCUT2D eigenvalue weighted by atomic mass is 10.0. The van der Waals surface area contributed by atoms with E-state index >= 15 is 0 Å². The van der Waals surface area contributed by atoms with E-state index in [0.29, 0.717) is 18.8 Å². The Kier molecular flexibility index (Phi) is 5.31. The summed E-state index contributed by atoms with van der Waals surface area (Å²) in [6.07, 6.45) is 0.446. The molecule has 2 aromatic rings. The molecule has 1 aliphatic heterocycles. The molecular weight excluding hydrogens is 345 g/mol. The van der Waals surface area contributed by atoms with Crippen LogP contribution in [0.25, 0.3) is 0 Å². The highest BCUT2D eigenvalue weighted by Gasteiger charge is 2.33. The van der Waals surface area contributed by atoms with Crippen LogP contribution in [0.4, 0.5) is 13.2 Å². The highest BCUT2D eigenvalue weighted by Crippen LogP contribution is 2.32. The molecule has 2 heterocycles. The number of likely N-dealkylation sites (tertiary alicyclic amines) is 1. The number of alkyl halides is 3. The van der Waals surface area contributed by atoms with Gasteiger partial charge in [0.1, 0.15) is 5.69 Å². The highest BCUT2D eigenvalue weighted by atomic mass is 19.4. The molecule has 0 aliphatic carbocycles. The Hall–Kier alpha value is -2.35. The Labute approximate surface area is 149 Å². The van der Waals surface area contributed by atoms with Crippen molar-refractivity contribution in [3.8, 4) is 0 Å². The zero-order valence-corrected chi connectivity index (χ0v) is 14.5. The summed E-state index contributed by atoms with van der Waals surface area (Å²) in [6, 6.07) is 5.54. The first-order chi connectivity index (χ1) is 12.3. The van der Waals surface area contributed by atoms with Crippen LogP contribution in [-0.2, 0) is 19.8 Å². The van der Waals surface area contributed by atoms with Crippen LogP contribution in [0.3, 0.4) is 0 Å². The van der Waals surface area contributed by atoms with Crippen molar-refractivity contribution in [2.75, 3.05) is 13.1 Å². The molecule has 1 N–H and O–H groups in total. The Balaban J connectivity index is 1.63. The first-order valence-electron chi connectivity index (χ1n) is 8.49. The molecule has 1 aromatic carbocycles. The van der Waals surface area contributed by atoms with E-state index in [1.807, 2.05) is 4.90 Å². The molecule has 0 radical (unpaired) electrons. The minimum atomic E-state index is -4.36. The van der Waals surface area contributed by atoms with Gasteiger partial charge in [0.05, 0.1) is 11.9 Å². The van der Waals surface area contributed by atoms with Gasteiger partial charge >= 0.3 is 6.18 Å². The van der Waals surface area contributed by atoms with E-state index in [1.165, 1.54) is 12.1 Å². The Morgan fingerprint density at radius 2 is 2.12 bits per heavy atom. The van der Waals surface area contributed by atoms with Crippen LogP contribution < -0.4 is 5.32 Å². The molecule has 0 spiro atoms. The minimum absolute atomic E-state index is 0.101. The van der Waals surface area contributed by atoms with Gasteiger partial charge in [-0.2, -0.15) is 13.2 Å². The van der Waals surface area contributed by atoms with Crippen molar-refractivity contribution in [1.82, 2.24) is 19.8 Å². The third-order valence-electron chi connectivity index (χ3n) is 4.49. The van der Waals surface area contributed by atoms with Gasteiger partial charge in [0, 0.05) is 32.4 Å². The second-order valence-electron chi connectivity index (χ2n) is 6.63. The maximum Gasteiger partial charge on any atom is 0.416 e. The number of carbonyl (C=O) groups is 1. The van der Waals surface area contributed by atoms with E-state index in [-0.39, 0.29) is 24.1 Å². The normalized spacial score (nSPS) is 18.7. The van der Waals surface area contributed by atoms with Gasteiger partial charge < -0.3 is 9.88 Å². The third kappa shape index (κ3) is 4.43. The fourth-order valence-electron chi connectivity index (χ4n) is 3.28. The predicted octanol–water partition coefficient (Wildman–Crippen LogP) is 2.83. The first kappa shape index (κ1) is 18.4. The number of benzene rings is 1. The fourth-order valence-corrected chi connectivity index (χ4v) is 3.28. The summed E-state index contributed by atoms with van der Waals surface area (Å²) >= 11 is 0. The molecule has 5 nitrogen and oxygen atoms in total. The molecule has 1 atom stereocenters. The van der Waals surface area contributed by atoms with E-state index in [0.717, 1.165) is 18.9 Å². The van der Waals surface area contributed by atoms with E-state index in [2.05, 4.69) is 10.3 Å². The van der Waals surface area contributed by atoms with Gasteiger partial charge in [0.25, 0.3) is 5.91 Å². The molecule has 140 valence electrons. The zero-order valence-electron chi connectivity index (χ0n) is 14.5. The summed E-state index contributed by atoms with van der Waals surface area (Å²) in [5.41, 5.74) is 0.00314. The molecule has 26 heavy (non-hydrogen) atoms. The second kappa shape index (κ2) is 7.49. The number of aromatic nitrogens is 2. The average molecular weight is 366 g/mol. The van der Waals surface area contributed by atoms with Crippen molar-refractivity contribution >= 4 is 5.91 Å². The van der Waals surface area contributed by atoms with E-state index in [4.69, 9.17) is 0 Å². The Bertz CT molecular complexity index is 772. The van der Waals surface area contributed by atoms with Crippen LogP contribution in [0.15, 0.2) is 36.8 Å². The standard InChI is InChI=1S/C18H21F3N4O/c1-24-11-16(22-12-24)17(26)23-14-6-4-8-25(10-14)9-13-5-2-3-7-15(13)18(19,20)21/h2-3,5,7,11-12,14H,4,6,8-10H2,1H3,(H,23,26). The number of hydrogen-bond acceptors (Lipinski definition) is 3. The Morgan fingerprint density at radius 1 is 1.35 bits per heavy atom.